The lowest BCUT2D eigenvalue weighted by Crippen LogP contribution is -2.43. The van der Waals surface area contributed by atoms with Crippen LogP contribution >= 0.6 is 11.6 Å². The molecule has 0 saturated carbocycles. The summed E-state index contributed by atoms with van der Waals surface area (Å²) in [5, 5.41) is 3.76. The molecule has 1 aromatic carbocycles. The molecule has 0 radical (unpaired) electrons. The highest BCUT2D eigenvalue weighted by Gasteiger charge is 2.30. The molecule has 132 valence electrons. The van der Waals surface area contributed by atoms with E-state index in [2.05, 4.69) is 10.2 Å². The third kappa shape index (κ3) is 4.70. The van der Waals surface area contributed by atoms with Gasteiger partial charge in [0, 0.05) is 10.9 Å². The number of halogens is 1. The first-order valence-corrected chi connectivity index (χ1v) is 9.00. The van der Waals surface area contributed by atoms with Crippen LogP contribution in [0.4, 0.5) is 0 Å². The van der Waals surface area contributed by atoms with Crippen LogP contribution in [0.3, 0.4) is 0 Å². The molecule has 1 amide bonds. The van der Waals surface area contributed by atoms with Gasteiger partial charge in [-0.1, -0.05) is 23.7 Å². The summed E-state index contributed by atoms with van der Waals surface area (Å²) in [6.45, 7) is 5.66. The zero-order chi connectivity index (χ0) is 16.9. The third-order valence-corrected chi connectivity index (χ3v) is 5.03. The van der Waals surface area contributed by atoms with Crippen LogP contribution in [0.15, 0.2) is 24.3 Å². The minimum Gasteiger partial charge on any atom is -0.350 e. The van der Waals surface area contributed by atoms with E-state index in [1.54, 1.807) is 0 Å². The predicted molar refractivity (Wildman–Crippen MR) is 92.9 cm³/mol. The van der Waals surface area contributed by atoms with Gasteiger partial charge in [0.15, 0.2) is 6.29 Å². The molecule has 2 aliphatic rings. The highest BCUT2D eigenvalue weighted by Crippen LogP contribution is 2.25. The van der Waals surface area contributed by atoms with Gasteiger partial charge in [-0.3, -0.25) is 9.69 Å². The standard InChI is InChI=1S/C18H25ClN2O3/c1-13(14-2-4-16(19)5-3-14)20-17(22)12-21-8-6-15(7-9-21)18-23-10-11-24-18/h2-5,13,15,18H,6-12H2,1H3,(H,20,22). The molecule has 0 bridgehead atoms. The van der Waals surface area contributed by atoms with Crippen LogP contribution in [0.25, 0.3) is 0 Å². The minimum absolute atomic E-state index is 0.0207. The van der Waals surface area contributed by atoms with Crippen molar-refractivity contribution < 1.29 is 14.3 Å². The normalized spacial score (nSPS) is 21.8. The Labute approximate surface area is 148 Å². The molecule has 1 aromatic rings. The maximum atomic E-state index is 12.3. The summed E-state index contributed by atoms with van der Waals surface area (Å²) in [5.74, 6) is 0.518. The first-order valence-electron chi connectivity index (χ1n) is 8.62. The van der Waals surface area contributed by atoms with E-state index in [9.17, 15) is 4.79 Å². The van der Waals surface area contributed by atoms with Crippen LogP contribution in [0, 0.1) is 5.92 Å². The van der Waals surface area contributed by atoms with Crippen LogP contribution in [-0.2, 0) is 14.3 Å². The first kappa shape index (κ1) is 17.7. The fourth-order valence-electron chi connectivity index (χ4n) is 3.36. The van der Waals surface area contributed by atoms with E-state index >= 15 is 0 Å². The second kappa shape index (κ2) is 8.30. The largest absolute Gasteiger partial charge is 0.350 e. The van der Waals surface area contributed by atoms with Gasteiger partial charge in [-0.05, 0) is 50.6 Å². The van der Waals surface area contributed by atoms with Gasteiger partial charge in [0.2, 0.25) is 5.91 Å². The molecule has 2 aliphatic heterocycles. The number of rotatable bonds is 5. The van der Waals surface area contributed by atoms with E-state index in [1.165, 1.54) is 0 Å². The second-order valence-corrected chi connectivity index (χ2v) is 7.00. The summed E-state index contributed by atoms with van der Waals surface area (Å²) in [6, 6.07) is 7.56. The van der Waals surface area contributed by atoms with E-state index in [-0.39, 0.29) is 18.2 Å². The molecule has 2 fully saturated rings. The van der Waals surface area contributed by atoms with E-state index in [4.69, 9.17) is 21.1 Å². The van der Waals surface area contributed by atoms with Gasteiger partial charge < -0.3 is 14.8 Å². The third-order valence-electron chi connectivity index (χ3n) is 4.78. The maximum Gasteiger partial charge on any atom is 0.234 e. The number of nitrogens with one attached hydrogen (secondary N) is 1. The van der Waals surface area contributed by atoms with Crippen molar-refractivity contribution in [2.45, 2.75) is 32.1 Å². The van der Waals surface area contributed by atoms with Gasteiger partial charge in [-0.2, -0.15) is 0 Å². The molecule has 1 atom stereocenters. The monoisotopic (exact) mass is 352 g/mol. The van der Waals surface area contributed by atoms with Crippen molar-refractivity contribution in [2.24, 2.45) is 5.92 Å². The topological polar surface area (TPSA) is 50.8 Å². The molecule has 0 spiro atoms. The molecule has 1 N–H and O–H groups in total. The molecule has 0 aromatic heterocycles. The van der Waals surface area contributed by atoms with Crippen molar-refractivity contribution in [2.75, 3.05) is 32.8 Å². The molecule has 24 heavy (non-hydrogen) atoms. The number of amides is 1. The Bertz CT molecular complexity index is 538. The minimum atomic E-state index is -0.0362. The molecule has 2 saturated heterocycles. The van der Waals surface area contributed by atoms with Crippen molar-refractivity contribution in [3.8, 4) is 0 Å². The van der Waals surface area contributed by atoms with Gasteiger partial charge in [0.25, 0.3) is 0 Å². The van der Waals surface area contributed by atoms with Crippen molar-refractivity contribution in [1.82, 2.24) is 10.2 Å². The lowest BCUT2D eigenvalue weighted by atomic mass is 9.96. The van der Waals surface area contributed by atoms with Crippen LogP contribution in [0.2, 0.25) is 5.02 Å². The van der Waals surface area contributed by atoms with Gasteiger partial charge >= 0.3 is 0 Å². The lowest BCUT2D eigenvalue weighted by molar-refractivity contribution is -0.124. The number of hydrogen-bond donors (Lipinski definition) is 1. The van der Waals surface area contributed by atoms with Gasteiger partial charge in [-0.25, -0.2) is 0 Å². The molecular formula is C18H25ClN2O3. The van der Waals surface area contributed by atoms with E-state index < -0.39 is 0 Å². The zero-order valence-corrected chi connectivity index (χ0v) is 14.8. The Morgan fingerprint density at radius 1 is 1.25 bits per heavy atom. The number of ether oxygens (including phenoxy) is 2. The van der Waals surface area contributed by atoms with E-state index in [0.29, 0.717) is 30.7 Å². The fourth-order valence-corrected chi connectivity index (χ4v) is 3.48. The van der Waals surface area contributed by atoms with Crippen LogP contribution in [-0.4, -0.2) is 49.9 Å². The van der Waals surface area contributed by atoms with Crippen LogP contribution < -0.4 is 5.32 Å². The summed E-state index contributed by atoms with van der Waals surface area (Å²) in [4.78, 5) is 14.5. The molecule has 2 heterocycles. The van der Waals surface area contributed by atoms with Crippen molar-refractivity contribution in [3.05, 3.63) is 34.9 Å². The highest BCUT2D eigenvalue weighted by molar-refractivity contribution is 6.30. The number of nitrogens with zero attached hydrogens (tertiary/aromatic N) is 1. The molecule has 3 rings (SSSR count). The van der Waals surface area contributed by atoms with E-state index in [0.717, 1.165) is 31.5 Å². The summed E-state index contributed by atoms with van der Waals surface area (Å²) in [5.41, 5.74) is 1.06. The van der Waals surface area contributed by atoms with Crippen molar-refractivity contribution in [1.29, 1.82) is 0 Å². The quantitative estimate of drug-likeness (QED) is 0.885. The van der Waals surface area contributed by atoms with Crippen LogP contribution in [0.1, 0.15) is 31.4 Å². The fraction of sp³-hybridized carbons (Fsp3) is 0.611. The molecule has 6 heteroatoms. The van der Waals surface area contributed by atoms with E-state index in [1.807, 2.05) is 31.2 Å². The molecule has 0 aliphatic carbocycles. The summed E-state index contributed by atoms with van der Waals surface area (Å²) < 4.78 is 11.2. The number of carbonyl (C=O) groups is 1. The predicted octanol–water partition coefficient (Wildman–Crippen LogP) is 2.60. The molecular weight excluding hydrogens is 328 g/mol. The first-order chi connectivity index (χ1) is 11.6. The number of carbonyl (C=O) groups excluding carboxylic acids is 1. The number of likely N-dealkylation sites (tertiary alicyclic amines) is 1. The highest BCUT2D eigenvalue weighted by atomic mass is 35.5. The number of benzene rings is 1. The Morgan fingerprint density at radius 2 is 1.88 bits per heavy atom. The number of hydrogen-bond acceptors (Lipinski definition) is 4. The Morgan fingerprint density at radius 3 is 2.50 bits per heavy atom. The molecule has 1 unspecified atom stereocenters. The summed E-state index contributed by atoms with van der Waals surface area (Å²) in [7, 11) is 0. The van der Waals surface area contributed by atoms with Crippen LogP contribution in [0.5, 0.6) is 0 Å². The number of piperidine rings is 1. The van der Waals surface area contributed by atoms with Crippen molar-refractivity contribution >= 4 is 17.5 Å². The van der Waals surface area contributed by atoms with Crippen molar-refractivity contribution in [3.63, 3.8) is 0 Å². The Hall–Kier alpha value is -1.14. The second-order valence-electron chi connectivity index (χ2n) is 6.56. The van der Waals surface area contributed by atoms with Gasteiger partial charge in [0.1, 0.15) is 0 Å². The summed E-state index contributed by atoms with van der Waals surface area (Å²) in [6.07, 6.45) is 2.00. The lowest BCUT2D eigenvalue weighted by Gasteiger charge is -2.33. The Balaban J connectivity index is 1.41. The molecule has 5 nitrogen and oxygen atoms in total. The SMILES string of the molecule is CC(NC(=O)CN1CCC(C2OCCO2)CC1)c1ccc(Cl)cc1. The zero-order valence-electron chi connectivity index (χ0n) is 14.0. The Kier molecular flexibility index (Phi) is 6.11. The summed E-state index contributed by atoms with van der Waals surface area (Å²) >= 11 is 5.90. The smallest absolute Gasteiger partial charge is 0.234 e. The maximum absolute atomic E-state index is 12.3. The average molecular weight is 353 g/mol. The van der Waals surface area contributed by atoms with Gasteiger partial charge in [-0.15, -0.1) is 0 Å². The van der Waals surface area contributed by atoms with Gasteiger partial charge in [0.05, 0.1) is 25.8 Å². The average Bonchev–Trinajstić information content (AvgIpc) is 3.10.